The Labute approximate surface area is 214 Å². The van der Waals surface area contributed by atoms with Crippen LogP contribution in [0.25, 0.3) is 0 Å². The minimum atomic E-state index is -3.82. The number of halogens is 1. The zero-order valence-electron chi connectivity index (χ0n) is 20.0. The van der Waals surface area contributed by atoms with E-state index in [4.69, 9.17) is 9.47 Å². The van der Waals surface area contributed by atoms with Crippen molar-refractivity contribution in [2.24, 2.45) is 0 Å². The van der Waals surface area contributed by atoms with Crippen LogP contribution in [0.5, 0.6) is 11.5 Å². The fraction of sp³-hybridized carbons (Fsp3) is 0.417. The molecule has 0 saturated carbocycles. The van der Waals surface area contributed by atoms with Crippen LogP contribution in [-0.4, -0.2) is 56.8 Å². The molecule has 35 heavy (non-hydrogen) atoms. The van der Waals surface area contributed by atoms with Crippen molar-refractivity contribution in [2.45, 2.75) is 39.8 Å². The van der Waals surface area contributed by atoms with Gasteiger partial charge in [-0.25, -0.2) is 8.42 Å². The molecule has 0 fully saturated rings. The maximum Gasteiger partial charge on any atom is 0.244 e. The third kappa shape index (κ3) is 6.66. The van der Waals surface area contributed by atoms with Crippen molar-refractivity contribution >= 4 is 43.5 Å². The highest BCUT2D eigenvalue weighted by Gasteiger charge is 2.31. The van der Waals surface area contributed by atoms with Gasteiger partial charge in [-0.1, -0.05) is 35.0 Å². The quantitative estimate of drug-likeness (QED) is 0.446. The molecule has 1 N–H and O–H groups in total. The Morgan fingerprint density at radius 1 is 1.11 bits per heavy atom. The Hall–Kier alpha value is -2.79. The molecule has 0 radical (unpaired) electrons. The number of benzene rings is 2. The lowest BCUT2D eigenvalue weighted by Crippen LogP contribution is -2.51. The van der Waals surface area contributed by atoms with E-state index in [1.807, 2.05) is 31.2 Å². The number of ether oxygens (including phenoxy) is 2. The first-order valence-corrected chi connectivity index (χ1v) is 13.8. The van der Waals surface area contributed by atoms with Gasteiger partial charge in [0.25, 0.3) is 0 Å². The van der Waals surface area contributed by atoms with Gasteiger partial charge in [-0.2, -0.15) is 0 Å². The second kappa shape index (κ2) is 11.8. The summed E-state index contributed by atoms with van der Waals surface area (Å²) in [5.41, 5.74) is 1.09. The van der Waals surface area contributed by atoms with E-state index in [-0.39, 0.29) is 30.7 Å². The highest BCUT2D eigenvalue weighted by atomic mass is 79.9. The van der Waals surface area contributed by atoms with Crippen molar-refractivity contribution in [3.63, 3.8) is 0 Å². The highest BCUT2D eigenvalue weighted by Crippen LogP contribution is 2.36. The minimum absolute atomic E-state index is 0.0447. The Balaban J connectivity index is 1.93. The largest absolute Gasteiger partial charge is 0.454 e. The van der Waals surface area contributed by atoms with Crippen molar-refractivity contribution in [3.05, 3.63) is 52.5 Å². The number of rotatable bonds is 11. The lowest BCUT2D eigenvalue weighted by molar-refractivity contribution is -0.139. The molecule has 0 aliphatic carbocycles. The van der Waals surface area contributed by atoms with Crippen molar-refractivity contribution < 1.29 is 27.5 Å². The van der Waals surface area contributed by atoms with Crippen LogP contribution in [0.1, 0.15) is 32.8 Å². The number of anilines is 1. The first-order valence-electron chi connectivity index (χ1n) is 11.4. The van der Waals surface area contributed by atoms with E-state index in [9.17, 15) is 18.0 Å². The SMILES string of the molecule is CCCNC(=O)C(C)N(Cc1cccc(Br)c1)C(=O)CN(c1ccc2c(c1)OCO2)S(=O)(=O)CC. The van der Waals surface area contributed by atoms with E-state index < -0.39 is 28.5 Å². The third-order valence-corrected chi connectivity index (χ3v) is 7.82. The Bertz CT molecular complexity index is 1170. The molecular formula is C24H30BrN3O6S. The molecule has 0 spiro atoms. The van der Waals surface area contributed by atoms with E-state index >= 15 is 0 Å². The third-order valence-electron chi connectivity index (χ3n) is 5.58. The van der Waals surface area contributed by atoms with E-state index in [1.165, 1.54) is 11.8 Å². The summed E-state index contributed by atoms with van der Waals surface area (Å²) in [6.45, 7) is 5.29. The van der Waals surface area contributed by atoms with E-state index in [2.05, 4.69) is 21.2 Å². The predicted molar refractivity (Wildman–Crippen MR) is 137 cm³/mol. The van der Waals surface area contributed by atoms with Gasteiger partial charge < -0.3 is 19.7 Å². The standard InChI is InChI=1S/C24H30BrN3O6S/c1-4-11-26-24(30)17(3)27(14-18-7-6-8-19(25)12-18)23(29)15-28(35(31,32)5-2)20-9-10-21-22(13-20)34-16-33-21/h6-10,12-13,17H,4-5,11,14-16H2,1-3H3,(H,26,30). The summed E-state index contributed by atoms with van der Waals surface area (Å²) >= 11 is 3.43. The zero-order chi connectivity index (χ0) is 25.6. The van der Waals surface area contributed by atoms with Crippen molar-refractivity contribution in [1.29, 1.82) is 0 Å². The molecule has 9 nitrogen and oxygen atoms in total. The van der Waals surface area contributed by atoms with Crippen LogP contribution < -0.4 is 19.1 Å². The van der Waals surface area contributed by atoms with Gasteiger partial charge in [-0.05, 0) is 50.1 Å². The molecule has 1 aliphatic heterocycles. The second-order valence-corrected chi connectivity index (χ2v) is 11.2. The summed E-state index contributed by atoms with van der Waals surface area (Å²) in [4.78, 5) is 27.8. The van der Waals surface area contributed by atoms with Gasteiger partial charge in [0, 0.05) is 23.6 Å². The molecular weight excluding hydrogens is 538 g/mol. The molecule has 2 amide bonds. The Morgan fingerprint density at radius 2 is 1.86 bits per heavy atom. The van der Waals surface area contributed by atoms with Gasteiger partial charge in [0.1, 0.15) is 12.6 Å². The number of sulfonamides is 1. The highest BCUT2D eigenvalue weighted by molar-refractivity contribution is 9.10. The zero-order valence-corrected chi connectivity index (χ0v) is 22.4. The fourth-order valence-corrected chi connectivity index (χ4v) is 5.07. The van der Waals surface area contributed by atoms with Crippen LogP contribution in [0.3, 0.4) is 0 Å². The predicted octanol–water partition coefficient (Wildman–Crippen LogP) is 3.28. The van der Waals surface area contributed by atoms with Crippen LogP contribution in [0, 0.1) is 0 Å². The molecule has 1 unspecified atom stereocenters. The number of nitrogens with one attached hydrogen (secondary N) is 1. The summed E-state index contributed by atoms with van der Waals surface area (Å²) in [7, 11) is -3.82. The number of hydrogen-bond acceptors (Lipinski definition) is 6. The normalized spacial score (nSPS) is 13.3. The fourth-order valence-electron chi connectivity index (χ4n) is 3.57. The van der Waals surface area contributed by atoms with Gasteiger partial charge in [0.2, 0.25) is 28.6 Å². The van der Waals surface area contributed by atoms with E-state index in [0.29, 0.717) is 18.0 Å². The summed E-state index contributed by atoms with van der Waals surface area (Å²) < 4.78 is 38.6. The second-order valence-electron chi connectivity index (χ2n) is 8.06. The first kappa shape index (κ1) is 26.8. The van der Waals surface area contributed by atoms with Crippen molar-refractivity contribution in [1.82, 2.24) is 10.2 Å². The maximum atomic E-state index is 13.6. The average Bonchev–Trinajstić information content (AvgIpc) is 3.31. The average molecular weight is 568 g/mol. The molecule has 11 heteroatoms. The molecule has 0 bridgehead atoms. The Morgan fingerprint density at radius 3 is 2.54 bits per heavy atom. The molecule has 3 rings (SSSR count). The molecule has 0 aromatic heterocycles. The van der Waals surface area contributed by atoms with Gasteiger partial charge in [0.05, 0.1) is 11.4 Å². The maximum absolute atomic E-state index is 13.6. The molecule has 1 aliphatic rings. The van der Waals surface area contributed by atoms with E-state index in [1.54, 1.807) is 25.1 Å². The number of fused-ring (bicyclic) bond motifs is 1. The number of carbonyl (C=O) groups is 2. The Kier molecular flexibility index (Phi) is 9.01. The van der Waals surface area contributed by atoms with Crippen molar-refractivity contribution in [3.8, 4) is 11.5 Å². The lowest BCUT2D eigenvalue weighted by atomic mass is 10.1. The van der Waals surface area contributed by atoms with Gasteiger partial charge >= 0.3 is 0 Å². The number of hydrogen-bond donors (Lipinski definition) is 1. The topological polar surface area (TPSA) is 105 Å². The van der Waals surface area contributed by atoms with Gasteiger partial charge in [-0.15, -0.1) is 0 Å². The van der Waals surface area contributed by atoms with Crippen LogP contribution >= 0.6 is 15.9 Å². The molecule has 1 heterocycles. The molecule has 2 aromatic carbocycles. The van der Waals surface area contributed by atoms with Crippen LogP contribution in [0.4, 0.5) is 5.69 Å². The smallest absolute Gasteiger partial charge is 0.244 e. The summed E-state index contributed by atoms with van der Waals surface area (Å²) in [6.07, 6.45) is 0.755. The summed E-state index contributed by atoms with van der Waals surface area (Å²) in [6, 6.07) is 11.3. The first-order chi connectivity index (χ1) is 16.7. The van der Waals surface area contributed by atoms with E-state index in [0.717, 1.165) is 20.8 Å². The minimum Gasteiger partial charge on any atom is -0.454 e. The summed E-state index contributed by atoms with van der Waals surface area (Å²) in [5.74, 6) is -0.0923. The molecule has 1 atom stereocenters. The lowest BCUT2D eigenvalue weighted by Gasteiger charge is -2.32. The van der Waals surface area contributed by atoms with Crippen LogP contribution in [-0.2, 0) is 26.2 Å². The summed E-state index contributed by atoms with van der Waals surface area (Å²) in [5, 5.41) is 2.81. The van der Waals surface area contributed by atoms with Crippen LogP contribution in [0.15, 0.2) is 46.9 Å². The number of carbonyl (C=O) groups excluding carboxylic acids is 2. The molecule has 2 aromatic rings. The molecule has 0 saturated heterocycles. The van der Waals surface area contributed by atoms with Gasteiger partial charge in [0.15, 0.2) is 11.5 Å². The van der Waals surface area contributed by atoms with Crippen molar-refractivity contribution in [2.75, 3.05) is 29.9 Å². The number of amides is 2. The van der Waals surface area contributed by atoms with Crippen LogP contribution in [0.2, 0.25) is 0 Å². The monoisotopic (exact) mass is 567 g/mol. The van der Waals surface area contributed by atoms with Gasteiger partial charge in [-0.3, -0.25) is 13.9 Å². The molecule has 190 valence electrons. The number of nitrogens with zero attached hydrogens (tertiary/aromatic N) is 2.